The minimum Gasteiger partial charge on any atom is -0.298 e. The first-order valence-corrected chi connectivity index (χ1v) is 7.60. The Kier molecular flexibility index (Phi) is 5.01. The molecule has 0 saturated heterocycles. The molecular weight excluding hydrogens is 319 g/mol. The molecule has 0 aliphatic rings. The number of hydrogen-bond donors (Lipinski definition) is 0. The van der Waals surface area contributed by atoms with Crippen LogP contribution in [0.4, 0.5) is 18.9 Å². The minimum absolute atomic E-state index is 0.134. The van der Waals surface area contributed by atoms with Gasteiger partial charge >= 0.3 is 6.18 Å². The number of rotatable bonds is 4. The average Bonchev–Trinajstić information content (AvgIpc) is 2.96. The van der Waals surface area contributed by atoms with E-state index in [1.54, 1.807) is 26.0 Å². The number of anilines is 1. The number of aryl methyl sites for hydroxylation is 1. The van der Waals surface area contributed by atoms with E-state index in [1.807, 2.05) is 13.8 Å². The predicted octanol–water partition coefficient (Wildman–Crippen LogP) is 4.29. The number of carbonyl (C=O) groups excluding carboxylic acids is 1. The molecule has 0 N–H and O–H groups in total. The largest absolute Gasteiger partial charge is 0.406 e. The number of nitrogens with zero attached hydrogens (tertiary/aromatic N) is 3. The third-order valence-electron chi connectivity index (χ3n) is 3.83. The maximum absolute atomic E-state index is 13.1. The van der Waals surface area contributed by atoms with Crippen molar-refractivity contribution in [3.05, 3.63) is 47.3 Å². The third kappa shape index (κ3) is 3.77. The van der Waals surface area contributed by atoms with Gasteiger partial charge in [0.05, 0.1) is 0 Å². The Morgan fingerprint density at radius 3 is 2.50 bits per heavy atom. The highest BCUT2D eigenvalue weighted by molar-refractivity contribution is 6.05. The fraction of sp³-hybridized carbons (Fsp3) is 0.412. The lowest BCUT2D eigenvalue weighted by Gasteiger charge is -2.27. The average molecular weight is 339 g/mol. The highest BCUT2D eigenvalue weighted by Crippen LogP contribution is 2.28. The first-order valence-electron chi connectivity index (χ1n) is 7.60. The van der Waals surface area contributed by atoms with Crippen LogP contribution in [0.3, 0.4) is 0 Å². The van der Waals surface area contributed by atoms with Crippen molar-refractivity contribution in [1.29, 1.82) is 0 Å². The second kappa shape index (κ2) is 6.67. The first kappa shape index (κ1) is 18.0. The van der Waals surface area contributed by atoms with Gasteiger partial charge in [-0.3, -0.25) is 14.4 Å². The molecule has 1 amide bonds. The van der Waals surface area contributed by atoms with E-state index in [4.69, 9.17) is 0 Å². The van der Waals surface area contributed by atoms with Crippen molar-refractivity contribution in [2.24, 2.45) is 0 Å². The molecule has 0 unspecified atom stereocenters. The molecule has 0 saturated carbocycles. The highest BCUT2D eigenvalue weighted by Gasteiger charge is 2.36. The molecule has 1 aromatic heterocycles. The SMILES string of the molecule is Cc1cccc(N(CC(F)(F)F)C(=O)c2ccnn2C(C)C)c1C. The van der Waals surface area contributed by atoms with Crippen molar-refractivity contribution in [2.75, 3.05) is 11.4 Å². The van der Waals surface area contributed by atoms with Crippen LogP contribution < -0.4 is 4.90 Å². The van der Waals surface area contributed by atoms with Crippen molar-refractivity contribution >= 4 is 11.6 Å². The fourth-order valence-corrected chi connectivity index (χ4v) is 2.51. The monoisotopic (exact) mass is 339 g/mol. The summed E-state index contributed by atoms with van der Waals surface area (Å²) in [6.07, 6.45) is -3.09. The molecule has 0 atom stereocenters. The molecule has 4 nitrogen and oxygen atoms in total. The Morgan fingerprint density at radius 1 is 1.25 bits per heavy atom. The maximum atomic E-state index is 13.1. The Bertz CT molecular complexity index is 735. The topological polar surface area (TPSA) is 38.1 Å². The van der Waals surface area contributed by atoms with E-state index in [0.29, 0.717) is 5.56 Å². The van der Waals surface area contributed by atoms with Crippen molar-refractivity contribution < 1.29 is 18.0 Å². The van der Waals surface area contributed by atoms with E-state index < -0.39 is 18.6 Å². The molecule has 0 aliphatic heterocycles. The number of hydrogen-bond acceptors (Lipinski definition) is 2. The van der Waals surface area contributed by atoms with Gasteiger partial charge in [0, 0.05) is 17.9 Å². The van der Waals surface area contributed by atoms with Crippen molar-refractivity contribution in [2.45, 2.75) is 39.9 Å². The molecule has 2 aromatic rings. The maximum Gasteiger partial charge on any atom is 0.406 e. The van der Waals surface area contributed by atoms with Gasteiger partial charge in [-0.05, 0) is 51.0 Å². The van der Waals surface area contributed by atoms with Gasteiger partial charge in [0.25, 0.3) is 5.91 Å². The zero-order valence-corrected chi connectivity index (χ0v) is 14.1. The summed E-state index contributed by atoms with van der Waals surface area (Å²) in [7, 11) is 0. The lowest BCUT2D eigenvalue weighted by molar-refractivity contribution is -0.118. The second-order valence-electron chi connectivity index (χ2n) is 5.98. The smallest absolute Gasteiger partial charge is 0.298 e. The minimum atomic E-state index is -4.51. The van der Waals surface area contributed by atoms with Gasteiger partial charge in [-0.25, -0.2) is 0 Å². The fourth-order valence-electron chi connectivity index (χ4n) is 2.51. The molecular formula is C17H20F3N3O. The van der Waals surface area contributed by atoms with Gasteiger partial charge in [0.15, 0.2) is 0 Å². The van der Waals surface area contributed by atoms with Gasteiger partial charge in [-0.15, -0.1) is 0 Å². The van der Waals surface area contributed by atoms with Crippen LogP contribution in [0.2, 0.25) is 0 Å². The van der Waals surface area contributed by atoms with E-state index >= 15 is 0 Å². The molecule has 0 aliphatic carbocycles. The Morgan fingerprint density at radius 2 is 1.92 bits per heavy atom. The Balaban J connectivity index is 2.52. The summed E-state index contributed by atoms with van der Waals surface area (Å²) in [5.41, 5.74) is 1.86. The van der Waals surface area contributed by atoms with E-state index in [9.17, 15) is 18.0 Å². The zero-order chi connectivity index (χ0) is 18.1. The molecule has 2 rings (SSSR count). The molecule has 24 heavy (non-hydrogen) atoms. The van der Waals surface area contributed by atoms with Gasteiger partial charge < -0.3 is 0 Å². The zero-order valence-electron chi connectivity index (χ0n) is 14.1. The summed E-state index contributed by atoms with van der Waals surface area (Å²) in [5, 5.41) is 4.04. The predicted molar refractivity (Wildman–Crippen MR) is 86.3 cm³/mol. The Hall–Kier alpha value is -2.31. The normalized spacial score (nSPS) is 11.8. The first-order chi connectivity index (χ1) is 11.1. The van der Waals surface area contributed by atoms with Gasteiger partial charge in [-0.2, -0.15) is 18.3 Å². The summed E-state index contributed by atoms with van der Waals surface area (Å²) < 4.78 is 40.6. The third-order valence-corrected chi connectivity index (χ3v) is 3.83. The van der Waals surface area contributed by atoms with Crippen LogP contribution in [0.1, 0.15) is 41.5 Å². The number of benzene rings is 1. The van der Waals surface area contributed by atoms with Crippen LogP contribution in [0.5, 0.6) is 0 Å². The number of alkyl halides is 3. The van der Waals surface area contributed by atoms with Crippen LogP contribution in [0.25, 0.3) is 0 Å². The molecule has 0 fully saturated rings. The number of halogens is 3. The molecule has 1 aromatic carbocycles. The molecule has 7 heteroatoms. The summed E-state index contributed by atoms with van der Waals surface area (Å²) in [5.74, 6) is -0.716. The lowest BCUT2D eigenvalue weighted by Crippen LogP contribution is -2.40. The standard InChI is InChI=1S/C17H20F3N3O/c1-11(2)23-15(8-9-21-23)16(24)22(10-17(18,19)20)14-7-5-6-12(3)13(14)4/h5-9,11H,10H2,1-4H3. The van der Waals surface area contributed by atoms with E-state index in [0.717, 1.165) is 10.5 Å². The van der Waals surface area contributed by atoms with Crippen LogP contribution in [0, 0.1) is 13.8 Å². The van der Waals surface area contributed by atoms with Crippen LogP contribution in [-0.2, 0) is 0 Å². The van der Waals surface area contributed by atoms with Gasteiger partial charge in [0.2, 0.25) is 0 Å². The molecule has 0 radical (unpaired) electrons. The van der Waals surface area contributed by atoms with Crippen LogP contribution in [-0.4, -0.2) is 28.4 Å². The Labute approximate surface area is 138 Å². The van der Waals surface area contributed by atoms with Crippen molar-refractivity contribution in [3.8, 4) is 0 Å². The summed E-state index contributed by atoms with van der Waals surface area (Å²) >= 11 is 0. The van der Waals surface area contributed by atoms with E-state index in [2.05, 4.69) is 5.10 Å². The number of aromatic nitrogens is 2. The van der Waals surface area contributed by atoms with E-state index in [-0.39, 0.29) is 17.4 Å². The summed E-state index contributed by atoms with van der Waals surface area (Å²) in [6, 6.07) is 6.28. The van der Waals surface area contributed by atoms with Crippen LogP contribution in [0.15, 0.2) is 30.5 Å². The van der Waals surface area contributed by atoms with Crippen LogP contribution >= 0.6 is 0 Å². The van der Waals surface area contributed by atoms with E-state index in [1.165, 1.54) is 23.0 Å². The van der Waals surface area contributed by atoms with Crippen molar-refractivity contribution in [1.82, 2.24) is 9.78 Å². The quantitative estimate of drug-likeness (QED) is 0.833. The van der Waals surface area contributed by atoms with Gasteiger partial charge in [-0.1, -0.05) is 12.1 Å². The second-order valence-corrected chi connectivity index (χ2v) is 5.98. The number of amides is 1. The number of carbonyl (C=O) groups is 1. The molecule has 0 spiro atoms. The molecule has 130 valence electrons. The molecule has 1 heterocycles. The summed E-state index contributed by atoms with van der Waals surface area (Å²) in [4.78, 5) is 13.6. The van der Waals surface area contributed by atoms with Gasteiger partial charge in [0.1, 0.15) is 12.2 Å². The lowest BCUT2D eigenvalue weighted by atomic mass is 10.1. The summed E-state index contributed by atoms with van der Waals surface area (Å²) in [6.45, 7) is 5.79. The van der Waals surface area contributed by atoms with Crippen molar-refractivity contribution in [3.63, 3.8) is 0 Å². The highest BCUT2D eigenvalue weighted by atomic mass is 19.4. The molecule has 0 bridgehead atoms.